The number of morpholine rings is 1. The van der Waals surface area contributed by atoms with Crippen molar-refractivity contribution in [3.05, 3.63) is 23.8 Å². The van der Waals surface area contributed by atoms with Crippen LogP contribution in [0.25, 0.3) is 0 Å². The van der Waals surface area contributed by atoms with Crippen molar-refractivity contribution in [3.8, 4) is 0 Å². The maximum absolute atomic E-state index is 12.8. The number of ether oxygens (including phenoxy) is 1. The van der Waals surface area contributed by atoms with Gasteiger partial charge in [0.2, 0.25) is 0 Å². The molecule has 2 saturated carbocycles. The molecule has 3 aliphatic rings. The number of urea groups is 1. The van der Waals surface area contributed by atoms with E-state index in [1.165, 1.54) is 12.8 Å². The molecular formula is C19H25F3N4O2. The largest absolute Gasteiger partial charge is 0.419 e. The average Bonchev–Trinajstić information content (AvgIpc) is 3.18. The van der Waals surface area contributed by atoms with Crippen molar-refractivity contribution >= 4 is 6.03 Å². The lowest BCUT2D eigenvalue weighted by Crippen LogP contribution is -2.64. The molecule has 2 heterocycles. The Morgan fingerprint density at radius 3 is 2.57 bits per heavy atom. The SMILES string of the molecule is CC1(C)CN(C(=O)NCc2ncc(C(F)(F)F)cn2)C[C@]2(C[C@@H]3CC[C@H]2C3)O1. The predicted molar refractivity (Wildman–Crippen MR) is 94.2 cm³/mol. The molecule has 0 radical (unpaired) electrons. The highest BCUT2D eigenvalue weighted by Gasteiger charge is 2.57. The number of carbonyl (C=O) groups is 1. The lowest BCUT2D eigenvalue weighted by atomic mass is 9.81. The van der Waals surface area contributed by atoms with Crippen LogP contribution in [0.1, 0.15) is 50.9 Å². The van der Waals surface area contributed by atoms with Gasteiger partial charge in [-0.15, -0.1) is 0 Å². The molecule has 4 rings (SSSR count). The molecule has 6 nitrogen and oxygen atoms in total. The summed E-state index contributed by atoms with van der Waals surface area (Å²) in [5.41, 5.74) is -1.62. The van der Waals surface area contributed by atoms with Gasteiger partial charge in [0.05, 0.1) is 36.4 Å². The summed E-state index contributed by atoms with van der Waals surface area (Å²) in [6.07, 6.45) is 1.55. The van der Waals surface area contributed by atoms with Gasteiger partial charge in [0.15, 0.2) is 0 Å². The Kier molecular flexibility index (Phi) is 4.56. The van der Waals surface area contributed by atoms with E-state index in [1.54, 1.807) is 4.90 Å². The lowest BCUT2D eigenvalue weighted by molar-refractivity contribution is -0.208. The van der Waals surface area contributed by atoms with Crippen LogP contribution in [0.4, 0.5) is 18.0 Å². The minimum absolute atomic E-state index is 0.0200. The first-order chi connectivity index (χ1) is 13.1. The van der Waals surface area contributed by atoms with Gasteiger partial charge in [-0.2, -0.15) is 13.2 Å². The molecule has 2 aliphatic carbocycles. The van der Waals surface area contributed by atoms with Crippen molar-refractivity contribution in [2.45, 2.75) is 63.5 Å². The molecule has 154 valence electrons. The second-order valence-electron chi connectivity index (χ2n) is 8.91. The maximum Gasteiger partial charge on any atom is 0.419 e. The number of hydrogen-bond donors (Lipinski definition) is 1. The molecule has 28 heavy (non-hydrogen) atoms. The average molecular weight is 398 g/mol. The summed E-state index contributed by atoms with van der Waals surface area (Å²) < 4.78 is 44.3. The fourth-order valence-electron chi connectivity index (χ4n) is 5.17. The zero-order valence-corrected chi connectivity index (χ0v) is 16.1. The van der Waals surface area contributed by atoms with Crippen LogP contribution in [0.5, 0.6) is 0 Å². The van der Waals surface area contributed by atoms with Crippen molar-refractivity contribution in [2.75, 3.05) is 13.1 Å². The van der Waals surface area contributed by atoms with E-state index in [2.05, 4.69) is 15.3 Å². The molecule has 0 aromatic carbocycles. The second kappa shape index (κ2) is 6.57. The van der Waals surface area contributed by atoms with Crippen LogP contribution in [0.3, 0.4) is 0 Å². The summed E-state index contributed by atoms with van der Waals surface area (Å²) in [5, 5.41) is 2.74. The van der Waals surface area contributed by atoms with E-state index in [9.17, 15) is 18.0 Å². The normalized spacial score (nSPS) is 31.4. The van der Waals surface area contributed by atoms with Crippen molar-refractivity contribution in [2.24, 2.45) is 11.8 Å². The van der Waals surface area contributed by atoms with Gasteiger partial charge in [-0.05, 0) is 51.4 Å². The fourth-order valence-corrected chi connectivity index (χ4v) is 5.17. The van der Waals surface area contributed by atoms with Gasteiger partial charge in [-0.1, -0.05) is 0 Å². The van der Waals surface area contributed by atoms with Gasteiger partial charge >= 0.3 is 12.2 Å². The molecule has 1 N–H and O–H groups in total. The quantitative estimate of drug-likeness (QED) is 0.830. The third-order valence-corrected chi connectivity index (χ3v) is 6.15. The molecular weight excluding hydrogens is 373 g/mol. The highest BCUT2D eigenvalue weighted by atomic mass is 19.4. The molecule has 1 aliphatic heterocycles. The number of nitrogens with zero attached hydrogens (tertiary/aromatic N) is 3. The summed E-state index contributed by atoms with van der Waals surface area (Å²) in [7, 11) is 0. The van der Waals surface area contributed by atoms with Crippen LogP contribution in [0.15, 0.2) is 12.4 Å². The number of hydrogen-bond acceptors (Lipinski definition) is 4. The van der Waals surface area contributed by atoms with Gasteiger partial charge in [0, 0.05) is 12.4 Å². The van der Waals surface area contributed by atoms with E-state index >= 15 is 0 Å². The number of rotatable bonds is 2. The molecule has 1 saturated heterocycles. The number of nitrogens with one attached hydrogen (secondary N) is 1. The van der Waals surface area contributed by atoms with E-state index in [-0.39, 0.29) is 24.0 Å². The molecule has 3 fully saturated rings. The zero-order valence-electron chi connectivity index (χ0n) is 16.1. The first-order valence-electron chi connectivity index (χ1n) is 9.67. The van der Waals surface area contributed by atoms with Crippen molar-refractivity contribution in [1.29, 1.82) is 0 Å². The number of carbonyl (C=O) groups excluding carboxylic acids is 1. The number of fused-ring (bicyclic) bond motifs is 3. The Morgan fingerprint density at radius 2 is 2.00 bits per heavy atom. The Balaban J connectivity index is 1.40. The third kappa shape index (κ3) is 3.68. The summed E-state index contributed by atoms with van der Waals surface area (Å²) in [5.74, 6) is 1.32. The number of aromatic nitrogens is 2. The van der Waals surface area contributed by atoms with E-state index in [4.69, 9.17) is 4.74 Å². The molecule has 2 bridgehead atoms. The van der Waals surface area contributed by atoms with Crippen LogP contribution in [-0.2, 0) is 17.5 Å². The highest BCUT2D eigenvalue weighted by Crippen LogP contribution is 2.55. The van der Waals surface area contributed by atoms with E-state index in [1.807, 2.05) is 13.8 Å². The minimum atomic E-state index is -4.48. The molecule has 1 spiro atoms. The summed E-state index contributed by atoms with van der Waals surface area (Å²) in [4.78, 5) is 21.9. The van der Waals surface area contributed by atoms with Gasteiger partial charge in [0.25, 0.3) is 0 Å². The topological polar surface area (TPSA) is 67.4 Å². The van der Waals surface area contributed by atoms with Crippen LogP contribution in [0.2, 0.25) is 0 Å². The zero-order chi connectivity index (χ0) is 20.2. The van der Waals surface area contributed by atoms with E-state index in [0.29, 0.717) is 24.9 Å². The van der Waals surface area contributed by atoms with E-state index in [0.717, 1.165) is 25.2 Å². The van der Waals surface area contributed by atoms with Crippen LogP contribution in [0, 0.1) is 11.8 Å². The standard InChI is InChI=1S/C19H25F3N4O2/c1-17(2)10-26(11-18(28-17)6-12-3-4-13(18)5-12)16(27)25-9-15-23-7-14(8-24-15)19(20,21)22/h7-8,12-13H,3-6,9-11H2,1-2H3,(H,25,27)/t12-,13+,18+/m1/s1. The van der Waals surface area contributed by atoms with Gasteiger partial charge in [0.1, 0.15) is 5.82 Å². The monoisotopic (exact) mass is 398 g/mol. The molecule has 1 aromatic heterocycles. The summed E-state index contributed by atoms with van der Waals surface area (Å²) >= 11 is 0. The fraction of sp³-hybridized carbons (Fsp3) is 0.737. The van der Waals surface area contributed by atoms with Gasteiger partial charge in [-0.3, -0.25) is 0 Å². The Morgan fingerprint density at radius 1 is 1.29 bits per heavy atom. The van der Waals surface area contributed by atoms with Crippen LogP contribution < -0.4 is 5.32 Å². The van der Waals surface area contributed by atoms with Crippen molar-refractivity contribution in [3.63, 3.8) is 0 Å². The molecule has 0 unspecified atom stereocenters. The third-order valence-electron chi connectivity index (χ3n) is 6.15. The van der Waals surface area contributed by atoms with Gasteiger partial charge in [-0.25, -0.2) is 14.8 Å². The minimum Gasteiger partial charge on any atom is -0.365 e. The number of amides is 2. The molecule has 3 atom stereocenters. The molecule has 1 aromatic rings. The predicted octanol–water partition coefficient (Wildman–Crippen LogP) is 3.37. The van der Waals surface area contributed by atoms with Crippen LogP contribution in [-0.4, -0.2) is 45.2 Å². The van der Waals surface area contributed by atoms with Gasteiger partial charge < -0.3 is 15.0 Å². The second-order valence-corrected chi connectivity index (χ2v) is 8.91. The molecule has 2 amide bonds. The Bertz CT molecular complexity index is 753. The van der Waals surface area contributed by atoms with E-state index < -0.39 is 17.3 Å². The van der Waals surface area contributed by atoms with Crippen molar-refractivity contribution < 1.29 is 22.7 Å². The first-order valence-corrected chi connectivity index (χ1v) is 9.67. The number of alkyl halides is 3. The first kappa shape index (κ1) is 19.4. The summed E-state index contributed by atoms with van der Waals surface area (Å²) in [6.45, 7) is 5.00. The smallest absolute Gasteiger partial charge is 0.365 e. The number of halogens is 3. The lowest BCUT2D eigenvalue weighted by Gasteiger charge is -2.52. The Hall–Kier alpha value is -1.90. The maximum atomic E-state index is 12.8. The van der Waals surface area contributed by atoms with Crippen molar-refractivity contribution in [1.82, 2.24) is 20.2 Å². The molecule has 9 heteroatoms. The van der Waals surface area contributed by atoms with Crippen LogP contribution >= 0.6 is 0 Å². The Labute approximate surface area is 161 Å². The highest BCUT2D eigenvalue weighted by molar-refractivity contribution is 5.74. The summed E-state index contributed by atoms with van der Waals surface area (Å²) in [6, 6.07) is -0.262.